The molecule has 0 saturated carbocycles. The summed E-state index contributed by atoms with van der Waals surface area (Å²) in [6.07, 6.45) is -6.90. The van der Waals surface area contributed by atoms with Crippen molar-refractivity contribution < 1.29 is 60.5 Å². The van der Waals surface area contributed by atoms with Crippen molar-refractivity contribution in [2.24, 2.45) is 5.41 Å². The Balaban J connectivity index is 0.000000845. The van der Waals surface area contributed by atoms with E-state index in [0.29, 0.717) is 12.8 Å². The molecule has 2 aromatic carbocycles. The number of urea groups is 1. The van der Waals surface area contributed by atoms with Gasteiger partial charge < -0.3 is 20.8 Å². The van der Waals surface area contributed by atoms with Crippen LogP contribution < -0.4 is 10.6 Å². The lowest BCUT2D eigenvalue weighted by molar-refractivity contribution is -0.193. The van der Waals surface area contributed by atoms with Gasteiger partial charge in [0.15, 0.2) is 0 Å². The largest absolute Gasteiger partial charge is 0.490 e. The summed E-state index contributed by atoms with van der Waals surface area (Å²) in [6, 6.07) is 11.0. The number of halogens is 10. The van der Waals surface area contributed by atoms with Crippen molar-refractivity contribution in [2.45, 2.75) is 50.9 Å². The fourth-order valence-corrected chi connectivity index (χ4v) is 7.73. The van der Waals surface area contributed by atoms with Crippen LogP contribution in [0.15, 0.2) is 54.3 Å². The van der Waals surface area contributed by atoms with Gasteiger partial charge in [0.2, 0.25) is 11.8 Å². The van der Waals surface area contributed by atoms with E-state index in [0.717, 1.165) is 54.9 Å². The van der Waals surface area contributed by atoms with Gasteiger partial charge in [0.25, 0.3) is 0 Å². The highest BCUT2D eigenvalue weighted by Gasteiger charge is 2.57. The maximum Gasteiger partial charge on any atom is 0.490 e. The molecule has 0 aromatic heterocycles. The molecule has 4 amide bonds. The fourth-order valence-electron chi connectivity index (χ4n) is 4.95. The summed E-state index contributed by atoms with van der Waals surface area (Å²) in [5, 5.41) is 20.5. The van der Waals surface area contributed by atoms with Crippen molar-refractivity contribution in [3.63, 3.8) is 0 Å². The van der Waals surface area contributed by atoms with E-state index in [-0.39, 0.29) is 25.9 Å². The van der Waals surface area contributed by atoms with Gasteiger partial charge in [-0.05, 0) is 113 Å². The molecule has 53 heavy (non-hydrogen) atoms. The van der Waals surface area contributed by atoms with Gasteiger partial charge in [0.1, 0.15) is 5.41 Å². The minimum absolute atomic E-state index is 0.167. The third kappa shape index (κ3) is 16.0. The smallest absolute Gasteiger partial charge is 0.475 e. The maximum atomic E-state index is 14.4. The second-order valence-electron chi connectivity index (χ2n) is 11.4. The van der Waals surface area contributed by atoms with Crippen molar-refractivity contribution in [3.05, 3.63) is 65.4 Å². The van der Waals surface area contributed by atoms with E-state index in [1.807, 2.05) is 50.5 Å². The number of benzene rings is 2. The number of alkyl halides is 6. The Kier molecular flexibility index (Phi) is 20.2. The van der Waals surface area contributed by atoms with Crippen LogP contribution in [-0.2, 0) is 32.0 Å². The van der Waals surface area contributed by atoms with Crippen LogP contribution in [0.1, 0.15) is 36.8 Å². The van der Waals surface area contributed by atoms with Gasteiger partial charge in [-0.3, -0.25) is 19.4 Å². The van der Waals surface area contributed by atoms with Crippen LogP contribution in [0.3, 0.4) is 0 Å². The lowest BCUT2D eigenvalue weighted by Crippen LogP contribution is -2.66. The lowest BCUT2D eigenvalue weighted by Gasteiger charge is -2.44. The van der Waals surface area contributed by atoms with Crippen LogP contribution in [0.4, 0.5) is 31.1 Å². The molecule has 1 aliphatic rings. The molecule has 21 heteroatoms. The first-order valence-electron chi connectivity index (χ1n) is 15.5. The number of hydrogen-bond donors (Lipinski definition) is 4. The molecule has 0 radical (unpaired) electrons. The van der Waals surface area contributed by atoms with E-state index in [2.05, 4.69) is 74.4 Å². The molecule has 0 bridgehead atoms. The highest BCUT2D eigenvalue weighted by Crippen LogP contribution is 2.39. The normalized spacial score (nSPS) is 14.3. The Labute approximate surface area is 334 Å². The van der Waals surface area contributed by atoms with Crippen molar-refractivity contribution >= 4 is 93.5 Å². The molecule has 0 atom stereocenters. The van der Waals surface area contributed by atoms with E-state index in [4.69, 9.17) is 19.8 Å². The number of carbonyl (C=O) groups excluding carboxylic acids is 3. The number of nitrogens with one attached hydrogen (secondary N) is 2. The zero-order chi connectivity index (χ0) is 40.7. The van der Waals surface area contributed by atoms with E-state index in [9.17, 15) is 40.7 Å². The van der Waals surface area contributed by atoms with E-state index in [1.54, 1.807) is 0 Å². The summed E-state index contributed by atoms with van der Waals surface area (Å²) in [4.78, 5) is 62.8. The van der Waals surface area contributed by atoms with Gasteiger partial charge in [0.05, 0.1) is 0 Å². The van der Waals surface area contributed by atoms with E-state index < -0.39 is 47.6 Å². The van der Waals surface area contributed by atoms with Crippen LogP contribution in [-0.4, -0.2) is 102 Å². The molecule has 0 unspecified atom stereocenters. The highest BCUT2D eigenvalue weighted by atomic mass is 79.9. The van der Waals surface area contributed by atoms with Gasteiger partial charge in [0, 0.05) is 31.0 Å². The lowest BCUT2D eigenvalue weighted by atomic mass is 9.72. The monoisotopic (exact) mass is 1020 g/mol. The van der Waals surface area contributed by atoms with Crippen LogP contribution in [0.25, 0.3) is 0 Å². The zero-order valence-corrected chi connectivity index (χ0v) is 34.5. The Hall–Kier alpha value is -2.59. The number of unbranched alkanes of at least 4 members (excludes halogenated alkanes) is 2. The second-order valence-corrected chi connectivity index (χ2v) is 15.1. The number of carboxylic acids is 2. The van der Waals surface area contributed by atoms with Crippen LogP contribution in [0, 0.1) is 5.41 Å². The molecule has 1 fully saturated rings. The molecule has 11 nitrogen and oxygen atoms in total. The number of amides is 4. The average molecular weight is 1020 g/mol. The highest BCUT2D eigenvalue weighted by molar-refractivity contribution is 9.11. The number of barbiturate groups is 1. The first-order valence-corrected chi connectivity index (χ1v) is 18.6. The van der Waals surface area contributed by atoms with Crippen molar-refractivity contribution in [2.75, 3.05) is 40.3 Å². The predicted octanol–water partition coefficient (Wildman–Crippen LogP) is 7.56. The van der Waals surface area contributed by atoms with Crippen LogP contribution in [0.2, 0.25) is 0 Å². The van der Waals surface area contributed by atoms with Gasteiger partial charge in [-0.2, -0.15) is 26.3 Å². The standard InChI is InChI=1S/C28H34Br4N4O3.2C2HF3O2/c1-33-7-3-5-9-35-25(37)28(17-19-11-21(29)15-22(30)12-19,18-20-13-23(31)16-24(32)14-20)26(38)36(27(35)39)10-6-4-8-34-2;2*3-2(4,5)1(6)7/h11-16,33-34H,3-10,17-18H2,1-2H3;2*(H,6,7). The second kappa shape index (κ2) is 22.1. The predicted molar refractivity (Wildman–Crippen MR) is 196 cm³/mol. The molecule has 4 N–H and O–H groups in total. The van der Waals surface area contributed by atoms with Crippen molar-refractivity contribution in [3.8, 4) is 0 Å². The van der Waals surface area contributed by atoms with E-state index >= 15 is 0 Å². The Bertz CT molecular complexity index is 1440. The molecule has 1 heterocycles. The summed E-state index contributed by atoms with van der Waals surface area (Å²) in [5.41, 5.74) is 0.179. The molecule has 1 saturated heterocycles. The van der Waals surface area contributed by atoms with Gasteiger partial charge in [-0.1, -0.05) is 63.7 Å². The number of hydrogen-bond acceptors (Lipinski definition) is 7. The van der Waals surface area contributed by atoms with Gasteiger partial charge in [-0.25, -0.2) is 14.4 Å². The number of aliphatic carboxylic acids is 2. The minimum Gasteiger partial charge on any atom is -0.475 e. The van der Waals surface area contributed by atoms with Gasteiger partial charge in [-0.15, -0.1) is 0 Å². The molecule has 1 aliphatic heterocycles. The summed E-state index contributed by atoms with van der Waals surface area (Å²) in [5.74, 6) is -6.37. The molecule has 0 aliphatic carbocycles. The molecular weight excluding hydrogens is 986 g/mol. The first kappa shape index (κ1) is 48.4. The molecule has 296 valence electrons. The van der Waals surface area contributed by atoms with Crippen molar-refractivity contribution in [1.82, 2.24) is 20.4 Å². The number of nitrogens with zero attached hydrogens (tertiary/aromatic N) is 2. The summed E-state index contributed by atoms with van der Waals surface area (Å²) in [6.45, 7) is 2.11. The van der Waals surface area contributed by atoms with Crippen molar-refractivity contribution in [1.29, 1.82) is 0 Å². The summed E-state index contributed by atoms with van der Waals surface area (Å²) < 4.78 is 66.8. The summed E-state index contributed by atoms with van der Waals surface area (Å²) >= 11 is 14.2. The molecule has 3 rings (SSSR count). The quantitative estimate of drug-likeness (QED) is 0.0853. The number of carboxylic acid groups (broad SMARTS) is 2. The zero-order valence-electron chi connectivity index (χ0n) is 28.1. The molecular formula is C32H36Br4F6N4O7. The number of rotatable bonds is 14. The maximum absolute atomic E-state index is 14.4. The Morgan fingerprint density at radius 1 is 0.623 bits per heavy atom. The Morgan fingerprint density at radius 3 is 1.15 bits per heavy atom. The molecule has 2 aromatic rings. The fraction of sp³-hybridized carbons (Fsp3) is 0.469. The number of imide groups is 2. The third-order valence-electron chi connectivity index (χ3n) is 7.23. The third-order valence-corrected chi connectivity index (χ3v) is 9.06. The average Bonchev–Trinajstić information content (AvgIpc) is 3.02. The summed E-state index contributed by atoms with van der Waals surface area (Å²) in [7, 11) is 3.75. The molecule has 0 spiro atoms. The number of carbonyl (C=O) groups is 5. The minimum atomic E-state index is -5.08. The van der Waals surface area contributed by atoms with E-state index in [1.165, 1.54) is 9.80 Å². The first-order chi connectivity index (χ1) is 24.5. The van der Waals surface area contributed by atoms with Gasteiger partial charge >= 0.3 is 30.3 Å². The van der Waals surface area contributed by atoms with Crippen LogP contribution in [0.5, 0.6) is 0 Å². The SMILES string of the molecule is CNCCCCN1C(=O)N(CCCCNC)C(=O)C(Cc2cc(Br)cc(Br)c2)(Cc2cc(Br)cc(Br)c2)C1=O.O=C(O)C(F)(F)F.O=C(O)C(F)(F)F. The topological polar surface area (TPSA) is 156 Å². The Morgan fingerprint density at radius 2 is 0.906 bits per heavy atom. The van der Waals surface area contributed by atoms with Crippen LogP contribution >= 0.6 is 63.7 Å².